The maximum Gasteiger partial charge on any atom is 0.416 e. The van der Waals surface area contributed by atoms with Crippen molar-refractivity contribution in [3.63, 3.8) is 0 Å². The van der Waals surface area contributed by atoms with E-state index in [1.807, 2.05) is 0 Å². The molecule has 2 unspecified atom stereocenters. The summed E-state index contributed by atoms with van der Waals surface area (Å²) < 4.78 is 59.4. The van der Waals surface area contributed by atoms with Gasteiger partial charge in [-0.3, -0.25) is 14.7 Å². The number of nitrogens with zero attached hydrogens (tertiary/aromatic N) is 4. The second kappa shape index (κ2) is 8.55. The van der Waals surface area contributed by atoms with E-state index in [0.29, 0.717) is 62.5 Å². The van der Waals surface area contributed by atoms with Crippen LogP contribution in [0.4, 0.5) is 17.6 Å². The maximum absolute atomic E-state index is 14.3. The van der Waals surface area contributed by atoms with Gasteiger partial charge < -0.3 is 9.64 Å². The molecule has 3 aliphatic rings. The Balaban J connectivity index is 1.25. The van der Waals surface area contributed by atoms with Crippen LogP contribution in [0.2, 0.25) is 0 Å². The average molecular weight is 464 g/mol. The van der Waals surface area contributed by atoms with Crippen molar-refractivity contribution in [2.75, 3.05) is 26.2 Å². The lowest BCUT2D eigenvalue weighted by Gasteiger charge is -2.25. The number of aromatic nitrogens is 2. The number of halogens is 4. The van der Waals surface area contributed by atoms with Crippen molar-refractivity contribution >= 4 is 5.91 Å². The summed E-state index contributed by atoms with van der Waals surface area (Å²) in [6.07, 6.45) is 2.20. The fraction of sp³-hybridized carbons (Fsp3) is 0.522. The number of benzene rings is 1. The number of amides is 1. The van der Waals surface area contributed by atoms with Crippen LogP contribution in [0, 0.1) is 5.82 Å². The molecule has 1 aromatic heterocycles. The van der Waals surface area contributed by atoms with E-state index in [2.05, 4.69) is 14.9 Å². The zero-order valence-corrected chi connectivity index (χ0v) is 17.9. The summed E-state index contributed by atoms with van der Waals surface area (Å²) >= 11 is 0. The third-order valence-corrected chi connectivity index (χ3v) is 6.54. The molecule has 0 N–H and O–H groups in total. The van der Waals surface area contributed by atoms with Gasteiger partial charge in [0.05, 0.1) is 29.2 Å². The van der Waals surface area contributed by atoms with E-state index >= 15 is 0 Å². The van der Waals surface area contributed by atoms with Crippen molar-refractivity contribution < 1.29 is 27.1 Å². The molecule has 1 aliphatic carbocycles. The molecule has 5 rings (SSSR count). The largest absolute Gasteiger partial charge is 0.472 e. The van der Waals surface area contributed by atoms with Crippen molar-refractivity contribution in [2.24, 2.45) is 0 Å². The fourth-order valence-electron chi connectivity index (χ4n) is 4.67. The normalized spacial score (nSPS) is 23.8. The standard InChI is InChI=1S/C23H24F4N4O2/c24-19-5-4-15(23(25,26)27)8-18(19)22(32)31-7-1-6-30-13-17(9-16(30)12-31)33-21-11-28-20(10-29-21)14-2-3-14/h4-5,8,10-11,14,16-17H,1-3,6-7,9,12-13H2. The highest BCUT2D eigenvalue weighted by Crippen LogP contribution is 2.38. The van der Waals surface area contributed by atoms with Crippen LogP contribution in [0.15, 0.2) is 30.6 Å². The van der Waals surface area contributed by atoms with Crippen LogP contribution in [-0.2, 0) is 6.18 Å². The van der Waals surface area contributed by atoms with Crippen LogP contribution >= 0.6 is 0 Å². The van der Waals surface area contributed by atoms with Gasteiger partial charge in [-0.1, -0.05) is 0 Å². The Morgan fingerprint density at radius 2 is 1.91 bits per heavy atom. The Hall–Kier alpha value is -2.75. The number of hydrogen-bond acceptors (Lipinski definition) is 5. The predicted octanol–water partition coefficient (Wildman–Crippen LogP) is 3.88. The van der Waals surface area contributed by atoms with E-state index in [1.165, 1.54) is 4.90 Å². The van der Waals surface area contributed by atoms with E-state index in [0.717, 1.165) is 25.1 Å². The monoisotopic (exact) mass is 464 g/mol. The molecule has 1 aromatic carbocycles. The summed E-state index contributed by atoms with van der Waals surface area (Å²) in [6.45, 7) is 2.06. The summed E-state index contributed by atoms with van der Waals surface area (Å²) in [7, 11) is 0. The number of hydrogen-bond donors (Lipinski definition) is 0. The van der Waals surface area contributed by atoms with Crippen LogP contribution in [0.5, 0.6) is 5.88 Å². The number of rotatable bonds is 4. The molecule has 2 saturated heterocycles. The van der Waals surface area contributed by atoms with E-state index in [9.17, 15) is 22.4 Å². The Kier molecular flexibility index (Phi) is 5.72. The average Bonchev–Trinajstić information content (AvgIpc) is 3.58. The Morgan fingerprint density at radius 3 is 2.61 bits per heavy atom. The molecular formula is C23H24F4N4O2. The number of alkyl halides is 3. The molecule has 6 nitrogen and oxygen atoms in total. The molecule has 2 atom stereocenters. The first kappa shape index (κ1) is 22.1. The topological polar surface area (TPSA) is 58.6 Å². The molecular weight excluding hydrogens is 440 g/mol. The second-order valence-electron chi connectivity index (χ2n) is 8.98. The lowest BCUT2D eigenvalue weighted by Crippen LogP contribution is -2.40. The number of carbonyl (C=O) groups is 1. The van der Waals surface area contributed by atoms with Crippen LogP contribution in [0.3, 0.4) is 0 Å². The first-order chi connectivity index (χ1) is 15.8. The quantitative estimate of drug-likeness (QED) is 0.643. The summed E-state index contributed by atoms with van der Waals surface area (Å²) in [5.74, 6) is -0.691. The number of ether oxygens (including phenoxy) is 1. The smallest absolute Gasteiger partial charge is 0.416 e. The highest BCUT2D eigenvalue weighted by molar-refractivity contribution is 5.94. The number of fused-ring (bicyclic) bond motifs is 1. The van der Waals surface area contributed by atoms with Crippen molar-refractivity contribution in [1.82, 2.24) is 19.8 Å². The zero-order chi connectivity index (χ0) is 23.2. The van der Waals surface area contributed by atoms with Gasteiger partial charge in [0.25, 0.3) is 5.91 Å². The van der Waals surface area contributed by atoms with Gasteiger partial charge >= 0.3 is 6.18 Å². The molecule has 1 amide bonds. The summed E-state index contributed by atoms with van der Waals surface area (Å²) in [4.78, 5) is 25.4. The molecule has 0 spiro atoms. The molecule has 176 valence electrons. The molecule has 2 aliphatic heterocycles. The lowest BCUT2D eigenvalue weighted by molar-refractivity contribution is -0.137. The minimum atomic E-state index is -4.64. The van der Waals surface area contributed by atoms with Crippen molar-refractivity contribution in [2.45, 2.75) is 49.9 Å². The molecule has 0 radical (unpaired) electrons. The summed E-state index contributed by atoms with van der Waals surface area (Å²) in [5.41, 5.74) is -0.597. The van der Waals surface area contributed by atoms with Crippen LogP contribution in [-0.4, -0.2) is 64.0 Å². The SMILES string of the molecule is O=C(c1cc(C(F)(F)F)ccc1F)N1CCCN2CC(Oc3cnc(C4CC4)cn3)CC2C1. The molecule has 10 heteroatoms. The van der Waals surface area contributed by atoms with E-state index in [1.54, 1.807) is 12.4 Å². The van der Waals surface area contributed by atoms with Gasteiger partial charge in [0.2, 0.25) is 5.88 Å². The Morgan fingerprint density at radius 1 is 1.09 bits per heavy atom. The second-order valence-corrected chi connectivity index (χ2v) is 8.98. The van der Waals surface area contributed by atoms with E-state index in [-0.39, 0.29) is 12.1 Å². The first-order valence-corrected chi connectivity index (χ1v) is 11.2. The van der Waals surface area contributed by atoms with Gasteiger partial charge in [0.1, 0.15) is 11.9 Å². The van der Waals surface area contributed by atoms with Crippen molar-refractivity contribution in [3.8, 4) is 5.88 Å². The predicted molar refractivity (Wildman–Crippen MR) is 110 cm³/mol. The third-order valence-electron chi connectivity index (χ3n) is 6.54. The highest BCUT2D eigenvalue weighted by Gasteiger charge is 2.38. The van der Waals surface area contributed by atoms with Crippen LogP contribution < -0.4 is 4.74 Å². The molecule has 3 heterocycles. The minimum absolute atomic E-state index is 0.0194. The third kappa shape index (κ3) is 4.80. The molecule has 2 aromatic rings. The van der Waals surface area contributed by atoms with Gasteiger partial charge in [-0.25, -0.2) is 9.37 Å². The number of carbonyl (C=O) groups excluding carboxylic acids is 1. The summed E-state index contributed by atoms with van der Waals surface area (Å²) in [5, 5.41) is 0. The van der Waals surface area contributed by atoms with Gasteiger partial charge in [0.15, 0.2) is 0 Å². The molecule has 33 heavy (non-hydrogen) atoms. The maximum atomic E-state index is 14.3. The molecule has 1 saturated carbocycles. The zero-order valence-electron chi connectivity index (χ0n) is 17.9. The van der Waals surface area contributed by atoms with Gasteiger partial charge in [-0.05, 0) is 37.5 Å². The van der Waals surface area contributed by atoms with E-state index < -0.39 is 29.0 Å². The van der Waals surface area contributed by atoms with Crippen molar-refractivity contribution in [3.05, 3.63) is 53.2 Å². The van der Waals surface area contributed by atoms with Crippen molar-refractivity contribution in [1.29, 1.82) is 0 Å². The Labute approximate surface area is 188 Å². The summed E-state index contributed by atoms with van der Waals surface area (Å²) in [6, 6.07) is 1.93. The first-order valence-electron chi connectivity index (χ1n) is 11.2. The van der Waals surface area contributed by atoms with Crippen LogP contribution in [0.25, 0.3) is 0 Å². The van der Waals surface area contributed by atoms with Crippen LogP contribution in [0.1, 0.15) is 53.2 Å². The Bertz CT molecular complexity index is 1030. The van der Waals surface area contributed by atoms with Gasteiger partial charge in [-0.2, -0.15) is 13.2 Å². The fourth-order valence-corrected chi connectivity index (χ4v) is 4.67. The molecule has 0 bridgehead atoms. The highest BCUT2D eigenvalue weighted by atomic mass is 19.4. The minimum Gasteiger partial charge on any atom is -0.472 e. The van der Waals surface area contributed by atoms with Gasteiger partial charge in [0, 0.05) is 44.6 Å². The van der Waals surface area contributed by atoms with E-state index in [4.69, 9.17) is 4.74 Å². The molecule has 3 fully saturated rings. The van der Waals surface area contributed by atoms with Gasteiger partial charge in [-0.15, -0.1) is 0 Å². The lowest BCUT2D eigenvalue weighted by atomic mass is 10.1.